The lowest BCUT2D eigenvalue weighted by Crippen LogP contribution is -2.50. The maximum Gasteiger partial charge on any atom is 0.253 e. The van der Waals surface area contributed by atoms with E-state index in [1.165, 1.54) is 0 Å². The second-order valence-electron chi connectivity index (χ2n) is 2.58. The molecule has 1 unspecified atom stereocenters. The molecule has 5 N–H and O–H groups in total. The van der Waals surface area contributed by atoms with Crippen LogP contribution in [0, 0.1) is 0 Å². The van der Waals surface area contributed by atoms with Crippen LogP contribution in [0.3, 0.4) is 0 Å². The van der Waals surface area contributed by atoms with Crippen LogP contribution in [0.5, 0.6) is 0 Å². The van der Waals surface area contributed by atoms with Crippen molar-refractivity contribution in [2.24, 2.45) is 5.73 Å². The highest BCUT2D eigenvalue weighted by molar-refractivity contribution is 5.81. The first-order valence-electron chi connectivity index (χ1n) is 3.49. The molecule has 0 saturated heterocycles. The summed E-state index contributed by atoms with van der Waals surface area (Å²) < 4.78 is 0. The van der Waals surface area contributed by atoms with Gasteiger partial charge in [0.05, 0.1) is 6.61 Å². The minimum atomic E-state index is -0.846. The van der Waals surface area contributed by atoms with Crippen LogP contribution < -0.4 is 16.6 Å². The number of nitrogens with two attached hydrogens (primary N) is 1. The van der Waals surface area contributed by atoms with Gasteiger partial charge in [0.15, 0.2) is 0 Å². The van der Waals surface area contributed by atoms with Gasteiger partial charge in [-0.05, 0) is 13.8 Å². The molecule has 0 aliphatic rings. The second kappa shape index (κ2) is 5.06. The first-order valence-corrected chi connectivity index (χ1v) is 3.49. The molecule has 0 bridgehead atoms. The zero-order chi connectivity index (χ0) is 8.85. The van der Waals surface area contributed by atoms with Crippen LogP contribution in [-0.4, -0.2) is 29.7 Å². The van der Waals surface area contributed by atoms with E-state index in [0.29, 0.717) is 0 Å². The van der Waals surface area contributed by atoms with E-state index in [1.807, 2.05) is 13.8 Å². The monoisotopic (exact) mass is 161 g/mol. The lowest BCUT2D eigenvalue weighted by molar-refractivity contribution is -0.124. The van der Waals surface area contributed by atoms with E-state index in [2.05, 4.69) is 10.9 Å². The summed E-state index contributed by atoms with van der Waals surface area (Å²) in [5.41, 5.74) is 10.2. The maximum atomic E-state index is 10.8. The van der Waals surface area contributed by atoms with Crippen molar-refractivity contribution in [1.29, 1.82) is 0 Å². The molecule has 0 aliphatic heterocycles. The molecule has 0 aliphatic carbocycles. The van der Waals surface area contributed by atoms with Gasteiger partial charge in [0.1, 0.15) is 6.04 Å². The van der Waals surface area contributed by atoms with Crippen molar-refractivity contribution in [3.63, 3.8) is 0 Å². The summed E-state index contributed by atoms with van der Waals surface area (Å²) in [4.78, 5) is 10.8. The van der Waals surface area contributed by atoms with E-state index < -0.39 is 11.9 Å². The number of hydrazine groups is 1. The molecular weight excluding hydrogens is 146 g/mol. The summed E-state index contributed by atoms with van der Waals surface area (Å²) in [6.45, 7) is 3.42. The third-order valence-electron chi connectivity index (χ3n) is 1.02. The van der Waals surface area contributed by atoms with Gasteiger partial charge >= 0.3 is 0 Å². The van der Waals surface area contributed by atoms with Crippen LogP contribution in [0.15, 0.2) is 0 Å². The van der Waals surface area contributed by atoms with E-state index in [9.17, 15) is 4.79 Å². The van der Waals surface area contributed by atoms with E-state index in [4.69, 9.17) is 10.8 Å². The largest absolute Gasteiger partial charge is 0.394 e. The fraction of sp³-hybridized carbons (Fsp3) is 0.833. The Morgan fingerprint density at radius 3 is 2.55 bits per heavy atom. The topological polar surface area (TPSA) is 87.4 Å². The average Bonchev–Trinajstić information content (AvgIpc) is 1.98. The molecule has 1 atom stereocenters. The number of hydrogen-bond acceptors (Lipinski definition) is 4. The number of hydrogen-bond donors (Lipinski definition) is 4. The molecule has 5 heteroatoms. The number of carbonyl (C=O) groups excluding carboxylic acids is 1. The predicted molar refractivity (Wildman–Crippen MR) is 41.5 cm³/mol. The van der Waals surface area contributed by atoms with Gasteiger partial charge in [0.2, 0.25) is 0 Å². The summed E-state index contributed by atoms with van der Waals surface area (Å²) in [6, 6.07) is -0.689. The Hall–Kier alpha value is -0.650. The molecule has 11 heavy (non-hydrogen) atoms. The zero-order valence-electron chi connectivity index (χ0n) is 6.79. The van der Waals surface area contributed by atoms with Crippen LogP contribution in [0.4, 0.5) is 0 Å². The number of nitrogens with one attached hydrogen (secondary N) is 2. The van der Waals surface area contributed by atoms with Gasteiger partial charge in [-0.15, -0.1) is 0 Å². The van der Waals surface area contributed by atoms with Crippen LogP contribution in [0.2, 0.25) is 0 Å². The van der Waals surface area contributed by atoms with Crippen molar-refractivity contribution in [2.45, 2.75) is 25.9 Å². The molecular formula is C6H15N3O2. The highest BCUT2D eigenvalue weighted by atomic mass is 16.3. The van der Waals surface area contributed by atoms with Crippen molar-refractivity contribution in [1.82, 2.24) is 10.9 Å². The van der Waals surface area contributed by atoms with Gasteiger partial charge in [0, 0.05) is 6.04 Å². The highest BCUT2D eigenvalue weighted by Crippen LogP contribution is 1.76. The quantitative estimate of drug-likeness (QED) is 0.371. The summed E-state index contributed by atoms with van der Waals surface area (Å²) in [7, 11) is 0. The zero-order valence-corrected chi connectivity index (χ0v) is 6.79. The first-order chi connectivity index (χ1) is 5.07. The first kappa shape index (κ1) is 10.3. The van der Waals surface area contributed by atoms with Gasteiger partial charge < -0.3 is 10.8 Å². The normalized spacial score (nSPS) is 13.2. The SMILES string of the molecule is CC(C)NNC(=O)C(N)CO. The smallest absolute Gasteiger partial charge is 0.253 e. The van der Waals surface area contributed by atoms with Crippen molar-refractivity contribution in [2.75, 3.05) is 6.61 Å². The summed E-state index contributed by atoms with van der Waals surface area (Å²) in [6.07, 6.45) is 0. The third kappa shape index (κ3) is 4.72. The maximum absolute atomic E-state index is 10.8. The fourth-order valence-corrected chi connectivity index (χ4v) is 0.391. The molecule has 0 radical (unpaired) electrons. The Morgan fingerprint density at radius 2 is 2.18 bits per heavy atom. The standard InChI is InChI=1S/C6H15N3O2/c1-4(2)8-9-6(11)5(7)3-10/h4-5,8,10H,3,7H2,1-2H3,(H,9,11). The number of rotatable bonds is 4. The van der Waals surface area contributed by atoms with Gasteiger partial charge in [-0.3, -0.25) is 10.2 Å². The fourth-order valence-electron chi connectivity index (χ4n) is 0.391. The predicted octanol–water partition coefficient (Wildman–Crippen LogP) is -1.66. The molecule has 66 valence electrons. The molecule has 0 rings (SSSR count). The highest BCUT2D eigenvalue weighted by Gasteiger charge is 2.10. The van der Waals surface area contributed by atoms with Gasteiger partial charge in [-0.1, -0.05) is 0 Å². The van der Waals surface area contributed by atoms with Gasteiger partial charge in [0.25, 0.3) is 5.91 Å². The minimum Gasteiger partial charge on any atom is -0.394 e. The Bertz CT molecular complexity index is 127. The second-order valence-corrected chi connectivity index (χ2v) is 2.58. The van der Waals surface area contributed by atoms with Crippen LogP contribution in [0.25, 0.3) is 0 Å². The molecule has 0 aromatic heterocycles. The van der Waals surface area contributed by atoms with Crippen molar-refractivity contribution in [3.8, 4) is 0 Å². The number of aliphatic hydroxyl groups is 1. The molecule has 0 aromatic carbocycles. The molecule has 0 fully saturated rings. The van der Waals surface area contributed by atoms with E-state index in [1.54, 1.807) is 0 Å². The van der Waals surface area contributed by atoms with Crippen molar-refractivity contribution >= 4 is 5.91 Å². The Morgan fingerprint density at radius 1 is 1.64 bits per heavy atom. The van der Waals surface area contributed by atoms with E-state index >= 15 is 0 Å². The van der Waals surface area contributed by atoms with Crippen LogP contribution >= 0.6 is 0 Å². The summed E-state index contributed by atoms with van der Waals surface area (Å²) in [5, 5.41) is 8.46. The van der Waals surface area contributed by atoms with Crippen LogP contribution in [-0.2, 0) is 4.79 Å². The van der Waals surface area contributed by atoms with Gasteiger partial charge in [-0.25, -0.2) is 5.43 Å². The number of carbonyl (C=O) groups is 1. The third-order valence-corrected chi connectivity index (χ3v) is 1.02. The average molecular weight is 161 g/mol. The van der Waals surface area contributed by atoms with E-state index in [-0.39, 0.29) is 12.6 Å². The minimum absolute atomic E-state index is 0.157. The number of aliphatic hydroxyl groups excluding tert-OH is 1. The Balaban J connectivity index is 3.52. The Kier molecular flexibility index (Phi) is 4.76. The molecule has 0 spiro atoms. The van der Waals surface area contributed by atoms with Gasteiger partial charge in [-0.2, -0.15) is 0 Å². The molecule has 1 amide bonds. The van der Waals surface area contributed by atoms with Crippen molar-refractivity contribution in [3.05, 3.63) is 0 Å². The number of amides is 1. The molecule has 0 heterocycles. The molecule has 0 aromatic rings. The van der Waals surface area contributed by atoms with E-state index in [0.717, 1.165) is 0 Å². The lowest BCUT2D eigenvalue weighted by Gasteiger charge is -2.12. The Labute approximate surface area is 65.9 Å². The lowest BCUT2D eigenvalue weighted by atomic mass is 10.3. The molecule has 0 saturated carbocycles. The molecule has 5 nitrogen and oxygen atoms in total. The summed E-state index contributed by atoms with van der Waals surface area (Å²) >= 11 is 0. The van der Waals surface area contributed by atoms with Crippen molar-refractivity contribution < 1.29 is 9.90 Å². The van der Waals surface area contributed by atoms with Crippen LogP contribution in [0.1, 0.15) is 13.8 Å². The summed E-state index contributed by atoms with van der Waals surface area (Å²) in [5.74, 6) is -0.402.